The quantitative estimate of drug-likeness (QED) is 0.652. The van der Waals surface area contributed by atoms with Crippen LogP contribution >= 0.6 is 11.6 Å². The first-order valence-electron chi connectivity index (χ1n) is 8.16. The third-order valence-electron chi connectivity index (χ3n) is 3.76. The zero-order valence-electron chi connectivity index (χ0n) is 14.3. The molecule has 0 aliphatic carbocycles. The van der Waals surface area contributed by atoms with E-state index in [-0.39, 0.29) is 30.4 Å². The molecule has 2 amide bonds. The molecule has 0 fully saturated rings. The van der Waals surface area contributed by atoms with Gasteiger partial charge < -0.3 is 20.2 Å². The molecule has 0 atom stereocenters. The van der Waals surface area contributed by atoms with Crippen LogP contribution in [0.3, 0.4) is 0 Å². The summed E-state index contributed by atoms with van der Waals surface area (Å²) < 4.78 is 11.1. The van der Waals surface area contributed by atoms with Gasteiger partial charge in [-0.3, -0.25) is 9.59 Å². The van der Waals surface area contributed by atoms with E-state index in [0.29, 0.717) is 16.5 Å². The predicted octanol–water partition coefficient (Wildman–Crippen LogP) is 3.39. The lowest BCUT2D eigenvalue weighted by atomic mass is 10.2. The second kappa shape index (κ2) is 8.42. The third kappa shape index (κ3) is 4.89. The summed E-state index contributed by atoms with van der Waals surface area (Å²) in [5, 5.41) is 3.35. The highest BCUT2D eigenvalue weighted by Crippen LogP contribution is 2.23. The number of rotatable bonds is 7. The monoisotopic (exact) mass is 384 g/mol. The number of halogens is 1. The molecule has 0 unspecified atom stereocenters. The van der Waals surface area contributed by atoms with Gasteiger partial charge in [-0.05, 0) is 48.5 Å². The Morgan fingerprint density at radius 3 is 2.52 bits per heavy atom. The number of furan rings is 1. The van der Waals surface area contributed by atoms with E-state index in [2.05, 4.69) is 5.32 Å². The fraction of sp³-hybridized carbons (Fsp3) is 0.100. The van der Waals surface area contributed by atoms with E-state index in [1.807, 2.05) is 18.2 Å². The van der Waals surface area contributed by atoms with E-state index in [4.69, 9.17) is 26.5 Å². The van der Waals surface area contributed by atoms with Crippen molar-refractivity contribution in [1.29, 1.82) is 0 Å². The Morgan fingerprint density at radius 1 is 1.04 bits per heavy atom. The van der Waals surface area contributed by atoms with Crippen molar-refractivity contribution in [3.8, 4) is 17.1 Å². The maximum atomic E-state index is 12.0. The number of amides is 2. The minimum absolute atomic E-state index is 0.216. The first-order chi connectivity index (χ1) is 13.0. The van der Waals surface area contributed by atoms with Gasteiger partial charge in [0.05, 0.1) is 12.1 Å². The summed E-state index contributed by atoms with van der Waals surface area (Å²) >= 11 is 5.87. The molecule has 1 aromatic heterocycles. The lowest BCUT2D eigenvalue weighted by molar-refractivity contribution is -0.123. The van der Waals surface area contributed by atoms with Gasteiger partial charge in [0.2, 0.25) is 0 Å². The highest BCUT2D eigenvalue weighted by Gasteiger charge is 2.11. The Hall–Kier alpha value is -3.25. The number of carbonyl (C=O) groups is 2. The SMILES string of the molecule is NC(=O)c1ccccc1OCC(=O)NCc1ccc(-c2ccc(Cl)cc2)o1. The summed E-state index contributed by atoms with van der Waals surface area (Å²) in [6.45, 7) is -0.0255. The molecule has 0 saturated carbocycles. The minimum atomic E-state index is -0.615. The summed E-state index contributed by atoms with van der Waals surface area (Å²) in [6.07, 6.45) is 0. The molecule has 0 bridgehead atoms. The van der Waals surface area contributed by atoms with Crippen LogP contribution in [-0.2, 0) is 11.3 Å². The average molecular weight is 385 g/mol. The molecule has 0 aliphatic rings. The van der Waals surface area contributed by atoms with Crippen LogP contribution < -0.4 is 15.8 Å². The van der Waals surface area contributed by atoms with Gasteiger partial charge in [-0.1, -0.05) is 23.7 Å². The average Bonchev–Trinajstić information content (AvgIpc) is 3.14. The number of ether oxygens (including phenoxy) is 1. The summed E-state index contributed by atoms with van der Waals surface area (Å²) in [5.74, 6) is 0.589. The van der Waals surface area contributed by atoms with E-state index in [0.717, 1.165) is 5.56 Å². The molecule has 6 nitrogen and oxygen atoms in total. The Morgan fingerprint density at radius 2 is 1.78 bits per heavy atom. The van der Waals surface area contributed by atoms with Crippen LogP contribution in [-0.4, -0.2) is 18.4 Å². The van der Waals surface area contributed by atoms with Crippen LogP contribution in [0, 0.1) is 0 Å². The van der Waals surface area contributed by atoms with Crippen molar-refractivity contribution in [2.75, 3.05) is 6.61 Å². The lowest BCUT2D eigenvalue weighted by Crippen LogP contribution is -2.28. The molecule has 7 heteroatoms. The second-order valence-corrected chi connectivity index (χ2v) is 6.14. The van der Waals surface area contributed by atoms with E-state index in [1.54, 1.807) is 36.4 Å². The van der Waals surface area contributed by atoms with Crippen LogP contribution in [0.4, 0.5) is 0 Å². The van der Waals surface area contributed by atoms with Crippen LogP contribution in [0.5, 0.6) is 5.75 Å². The normalized spacial score (nSPS) is 10.4. The number of hydrogen-bond donors (Lipinski definition) is 2. The van der Waals surface area contributed by atoms with Gasteiger partial charge in [-0.15, -0.1) is 0 Å². The van der Waals surface area contributed by atoms with E-state index in [1.165, 1.54) is 6.07 Å². The molecular weight excluding hydrogens is 368 g/mol. The number of primary amides is 1. The van der Waals surface area contributed by atoms with Crippen molar-refractivity contribution >= 4 is 23.4 Å². The molecule has 0 saturated heterocycles. The number of para-hydroxylation sites is 1. The van der Waals surface area contributed by atoms with E-state index in [9.17, 15) is 9.59 Å². The summed E-state index contributed by atoms with van der Waals surface area (Å²) in [4.78, 5) is 23.3. The Bertz CT molecular complexity index is 951. The van der Waals surface area contributed by atoms with Crippen LogP contribution in [0.15, 0.2) is 65.1 Å². The van der Waals surface area contributed by atoms with Crippen LogP contribution in [0.1, 0.15) is 16.1 Å². The van der Waals surface area contributed by atoms with Gasteiger partial charge in [0.25, 0.3) is 11.8 Å². The van der Waals surface area contributed by atoms with Gasteiger partial charge >= 0.3 is 0 Å². The molecule has 27 heavy (non-hydrogen) atoms. The summed E-state index contributed by atoms with van der Waals surface area (Å²) in [6, 6.07) is 17.4. The molecule has 1 heterocycles. The van der Waals surface area contributed by atoms with Crippen molar-refractivity contribution in [3.05, 3.63) is 77.0 Å². The van der Waals surface area contributed by atoms with Gasteiger partial charge in [0.1, 0.15) is 17.3 Å². The molecule has 3 rings (SSSR count). The molecule has 0 spiro atoms. The first-order valence-corrected chi connectivity index (χ1v) is 8.53. The van der Waals surface area contributed by atoms with Gasteiger partial charge in [0, 0.05) is 10.6 Å². The third-order valence-corrected chi connectivity index (χ3v) is 4.01. The number of nitrogens with one attached hydrogen (secondary N) is 1. The topological polar surface area (TPSA) is 94.6 Å². The van der Waals surface area contributed by atoms with Crippen molar-refractivity contribution < 1.29 is 18.7 Å². The lowest BCUT2D eigenvalue weighted by Gasteiger charge is -2.09. The Kier molecular flexibility index (Phi) is 5.78. The fourth-order valence-corrected chi connectivity index (χ4v) is 2.54. The molecule has 0 radical (unpaired) electrons. The standard InChI is InChI=1S/C20H17ClN2O4/c21-14-7-5-13(6-8-14)17-10-9-15(27-17)11-23-19(24)12-26-18-4-2-1-3-16(18)20(22)25/h1-10H,11-12H2,(H2,22,25)(H,23,24). The summed E-state index contributed by atoms with van der Waals surface area (Å²) in [7, 11) is 0. The zero-order valence-corrected chi connectivity index (χ0v) is 15.0. The molecule has 2 aromatic carbocycles. The number of nitrogens with two attached hydrogens (primary N) is 1. The number of hydrogen-bond acceptors (Lipinski definition) is 4. The number of carbonyl (C=O) groups excluding carboxylic acids is 2. The largest absolute Gasteiger partial charge is 0.483 e. The van der Waals surface area contributed by atoms with Gasteiger partial charge in [0.15, 0.2) is 6.61 Å². The molecule has 0 aliphatic heterocycles. The van der Waals surface area contributed by atoms with Gasteiger partial charge in [-0.25, -0.2) is 0 Å². The maximum absolute atomic E-state index is 12.0. The van der Waals surface area contributed by atoms with Crippen molar-refractivity contribution in [2.24, 2.45) is 5.73 Å². The van der Waals surface area contributed by atoms with Crippen LogP contribution in [0.2, 0.25) is 5.02 Å². The molecular formula is C20H17ClN2O4. The van der Waals surface area contributed by atoms with E-state index >= 15 is 0 Å². The van der Waals surface area contributed by atoms with Crippen molar-refractivity contribution in [2.45, 2.75) is 6.54 Å². The summed E-state index contributed by atoms with van der Waals surface area (Å²) in [5.41, 5.74) is 6.39. The number of benzene rings is 2. The maximum Gasteiger partial charge on any atom is 0.258 e. The van der Waals surface area contributed by atoms with Crippen LogP contribution in [0.25, 0.3) is 11.3 Å². The van der Waals surface area contributed by atoms with Gasteiger partial charge in [-0.2, -0.15) is 0 Å². The highest BCUT2D eigenvalue weighted by atomic mass is 35.5. The van der Waals surface area contributed by atoms with E-state index < -0.39 is 5.91 Å². The first kappa shape index (κ1) is 18.5. The Labute approximate surface area is 160 Å². The second-order valence-electron chi connectivity index (χ2n) is 5.70. The zero-order chi connectivity index (χ0) is 19.2. The van der Waals surface area contributed by atoms with Crippen molar-refractivity contribution in [1.82, 2.24) is 5.32 Å². The Balaban J connectivity index is 1.53. The molecule has 3 N–H and O–H groups in total. The highest BCUT2D eigenvalue weighted by molar-refractivity contribution is 6.30. The fourth-order valence-electron chi connectivity index (χ4n) is 2.42. The van der Waals surface area contributed by atoms with Crippen molar-refractivity contribution in [3.63, 3.8) is 0 Å². The predicted molar refractivity (Wildman–Crippen MR) is 101 cm³/mol. The smallest absolute Gasteiger partial charge is 0.258 e. The molecule has 3 aromatic rings. The molecule has 138 valence electrons. The minimum Gasteiger partial charge on any atom is -0.483 e.